The fourth-order valence-electron chi connectivity index (χ4n) is 3.43. The molecule has 0 unspecified atom stereocenters. The lowest BCUT2D eigenvalue weighted by Gasteiger charge is -2.47. The quantitative estimate of drug-likeness (QED) is 0.745. The summed E-state index contributed by atoms with van der Waals surface area (Å²) in [6.45, 7) is 8.81. The van der Waals surface area contributed by atoms with Crippen molar-refractivity contribution in [2.75, 3.05) is 26.2 Å². The van der Waals surface area contributed by atoms with Gasteiger partial charge in [-0.25, -0.2) is 0 Å². The Balaban J connectivity index is 1.80. The first kappa shape index (κ1) is 18.9. The summed E-state index contributed by atoms with van der Waals surface area (Å²) in [7, 11) is 0. The van der Waals surface area contributed by atoms with Crippen LogP contribution in [-0.4, -0.2) is 47.4 Å². The Kier molecular flexibility index (Phi) is 7.25. The summed E-state index contributed by atoms with van der Waals surface area (Å²) in [5.41, 5.74) is 6.86. The fourth-order valence-corrected chi connectivity index (χ4v) is 3.43. The summed E-state index contributed by atoms with van der Waals surface area (Å²) in [5.74, 6) is 0.315. The number of carbonyl (C=O) groups is 1. The first-order valence-corrected chi connectivity index (χ1v) is 9.30. The normalized spacial score (nSPS) is 17.9. The molecule has 1 heterocycles. The molecule has 1 fully saturated rings. The monoisotopic (exact) mass is 331 g/mol. The minimum Gasteiger partial charge on any atom is -0.340 e. The molecule has 1 aliphatic heterocycles. The Bertz CT molecular complexity index is 501. The van der Waals surface area contributed by atoms with Crippen molar-refractivity contribution in [3.8, 4) is 0 Å². The molecule has 1 saturated heterocycles. The van der Waals surface area contributed by atoms with Gasteiger partial charge in [0.05, 0.1) is 0 Å². The van der Waals surface area contributed by atoms with E-state index in [0.717, 1.165) is 58.4 Å². The third-order valence-electron chi connectivity index (χ3n) is 4.99. The van der Waals surface area contributed by atoms with Crippen molar-refractivity contribution in [2.45, 2.75) is 58.0 Å². The molecule has 1 aromatic carbocycles. The van der Waals surface area contributed by atoms with Gasteiger partial charge in [-0.05, 0) is 38.8 Å². The number of benzene rings is 1. The number of carbonyl (C=O) groups excluding carboxylic acids is 1. The number of rotatable bonds is 8. The molecule has 0 atom stereocenters. The second-order valence-electron chi connectivity index (χ2n) is 7.49. The van der Waals surface area contributed by atoms with E-state index in [2.05, 4.69) is 54.0 Å². The summed E-state index contributed by atoms with van der Waals surface area (Å²) >= 11 is 0. The van der Waals surface area contributed by atoms with Gasteiger partial charge in [0.15, 0.2) is 0 Å². The van der Waals surface area contributed by atoms with E-state index in [-0.39, 0.29) is 5.54 Å². The van der Waals surface area contributed by atoms with Gasteiger partial charge < -0.3 is 10.6 Å². The number of piperazine rings is 1. The van der Waals surface area contributed by atoms with Gasteiger partial charge in [0.25, 0.3) is 0 Å². The molecule has 134 valence electrons. The van der Waals surface area contributed by atoms with E-state index in [1.54, 1.807) is 0 Å². The van der Waals surface area contributed by atoms with Crippen molar-refractivity contribution in [3.05, 3.63) is 35.9 Å². The Labute approximate surface area is 147 Å². The number of hydrogen-bond acceptors (Lipinski definition) is 3. The zero-order valence-electron chi connectivity index (χ0n) is 15.3. The average molecular weight is 332 g/mol. The molecule has 2 rings (SSSR count). The van der Waals surface area contributed by atoms with E-state index in [1.807, 2.05) is 0 Å². The Morgan fingerprint density at radius 1 is 1.08 bits per heavy atom. The minimum atomic E-state index is 0.0172. The second kappa shape index (κ2) is 9.19. The minimum absolute atomic E-state index is 0.0172. The maximum Gasteiger partial charge on any atom is 0.222 e. The summed E-state index contributed by atoms with van der Waals surface area (Å²) in [5, 5.41) is 0. The van der Waals surface area contributed by atoms with E-state index < -0.39 is 0 Å². The average Bonchev–Trinajstić information content (AvgIpc) is 2.57. The molecule has 0 saturated carbocycles. The Hall–Kier alpha value is -1.39. The van der Waals surface area contributed by atoms with Gasteiger partial charge in [0, 0.05) is 38.1 Å². The molecule has 4 nitrogen and oxygen atoms in total. The maximum atomic E-state index is 12.5. The first-order chi connectivity index (χ1) is 11.5. The highest BCUT2D eigenvalue weighted by Crippen LogP contribution is 2.24. The van der Waals surface area contributed by atoms with Crippen LogP contribution in [0.2, 0.25) is 0 Å². The maximum absolute atomic E-state index is 12.5. The van der Waals surface area contributed by atoms with Crippen molar-refractivity contribution >= 4 is 5.91 Å². The standard InChI is InChI=1S/C20H33N3O/c1-20(2)17-22(19(24)12-8-3-4-9-13-21)14-15-23(20)16-18-10-6-5-7-11-18/h5-7,10-11H,3-4,8-9,12-17,21H2,1-2H3. The van der Waals surface area contributed by atoms with Crippen molar-refractivity contribution in [3.63, 3.8) is 0 Å². The molecule has 2 N–H and O–H groups in total. The zero-order chi connectivity index (χ0) is 17.4. The molecule has 0 aromatic heterocycles. The lowest BCUT2D eigenvalue weighted by Crippen LogP contribution is -2.59. The summed E-state index contributed by atoms with van der Waals surface area (Å²) in [6, 6.07) is 10.6. The molecule has 24 heavy (non-hydrogen) atoms. The van der Waals surface area contributed by atoms with Crippen LogP contribution in [0.15, 0.2) is 30.3 Å². The summed E-state index contributed by atoms with van der Waals surface area (Å²) in [6.07, 6.45) is 4.99. The van der Waals surface area contributed by atoms with Gasteiger partial charge >= 0.3 is 0 Å². The van der Waals surface area contributed by atoms with Crippen LogP contribution in [0.25, 0.3) is 0 Å². The highest BCUT2D eigenvalue weighted by Gasteiger charge is 2.35. The number of nitrogens with zero attached hydrogens (tertiary/aromatic N) is 2. The molecule has 1 aliphatic rings. The molecule has 0 radical (unpaired) electrons. The van der Waals surface area contributed by atoms with Crippen molar-refractivity contribution in [1.29, 1.82) is 0 Å². The van der Waals surface area contributed by atoms with Crippen molar-refractivity contribution in [1.82, 2.24) is 9.80 Å². The molecule has 0 aliphatic carbocycles. The van der Waals surface area contributed by atoms with Gasteiger partial charge in [-0.1, -0.05) is 43.2 Å². The van der Waals surface area contributed by atoms with E-state index in [4.69, 9.17) is 5.73 Å². The predicted octanol–water partition coefficient (Wildman–Crippen LogP) is 3.02. The van der Waals surface area contributed by atoms with Crippen LogP contribution in [0.3, 0.4) is 0 Å². The van der Waals surface area contributed by atoms with Crippen LogP contribution in [0.1, 0.15) is 51.5 Å². The lowest BCUT2D eigenvalue weighted by molar-refractivity contribution is -0.136. The van der Waals surface area contributed by atoms with Crippen LogP contribution in [0.5, 0.6) is 0 Å². The van der Waals surface area contributed by atoms with Gasteiger partial charge in [0.2, 0.25) is 5.91 Å². The summed E-state index contributed by atoms with van der Waals surface area (Å²) < 4.78 is 0. The Morgan fingerprint density at radius 2 is 1.79 bits per heavy atom. The van der Waals surface area contributed by atoms with Gasteiger partial charge in [-0.3, -0.25) is 9.69 Å². The first-order valence-electron chi connectivity index (χ1n) is 9.30. The highest BCUT2D eigenvalue weighted by molar-refractivity contribution is 5.76. The van der Waals surface area contributed by atoms with E-state index in [0.29, 0.717) is 12.3 Å². The van der Waals surface area contributed by atoms with E-state index >= 15 is 0 Å². The predicted molar refractivity (Wildman–Crippen MR) is 99.7 cm³/mol. The smallest absolute Gasteiger partial charge is 0.222 e. The molecule has 0 bridgehead atoms. The SMILES string of the molecule is CC1(C)CN(C(=O)CCCCCCN)CCN1Cc1ccccc1. The second-order valence-corrected chi connectivity index (χ2v) is 7.49. The zero-order valence-corrected chi connectivity index (χ0v) is 15.3. The largest absolute Gasteiger partial charge is 0.340 e. The van der Waals surface area contributed by atoms with Gasteiger partial charge in [-0.15, -0.1) is 0 Å². The van der Waals surface area contributed by atoms with Crippen LogP contribution >= 0.6 is 0 Å². The van der Waals surface area contributed by atoms with Gasteiger partial charge in [-0.2, -0.15) is 0 Å². The van der Waals surface area contributed by atoms with Gasteiger partial charge in [0.1, 0.15) is 0 Å². The number of amides is 1. The molecule has 0 spiro atoms. The van der Waals surface area contributed by atoms with E-state index in [9.17, 15) is 4.79 Å². The molecule has 1 amide bonds. The topological polar surface area (TPSA) is 49.6 Å². The number of nitrogens with two attached hydrogens (primary N) is 1. The third kappa shape index (κ3) is 5.60. The highest BCUT2D eigenvalue weighted by atomic mass is 16.2. The third-order valence-corrected chi connectivity index (χ3v) is 4.99. The molecule has 1 aromatic rings. The molecular formula is C20H33N3O. The lowest BCUT2D eigenvalue weighted by atomic mass is 9.97. The Morgan fingerprint density at radius 3 is 2.46 bits per heavy atom. The number of unbranched alkanes of at least 4 members (excludes halogenated alkanes) is 3. The molecular weight excluding hydrogens is 298 g/mol. The number of hydrogen-bond donors (Lipinski definition) is 1. The summed E-state index contributed by atoms with van der Waals surface area (Å²) in [4.78, 5) is 17.0. The van der Waals surface area contributed by atoms with Crippen LogP contribution in [0, 0.1) is 0 Å². The van der Waals surface area contributed by atoms with Crippen LogP contribution in [-0.2, 0) is 11.3 Å². The van der Waals surface area contributed by atoms with Crippen LogP contribution in [0.4, 0.5) is 0 Å². The fraction of sp³-hybridized carbons (Fsp3) is 0.650. The molecule has 4 heteroatoms. The van der Waals surface area contributed by atoms with Crippen molar-refractivity contribution < 1.29 is 4.79 Å². The van der Waals surface area contributed by atoms with E-state index in [1.165, 1.54) is 5.56 Å². The van der Waals surface area contributed by atoms with Crippen molar-refractivity contribution in [2.24, 2.45) is 5.73 Å². The van der Waals surface area contributed by atoms with Crippen LogP contribution < -0.4 is 5.73 Å².